The molecule has 6 nitrogen and oxygen atoms in total. The number of nitrogens with one attached hydrogen (secondary N) is 1. The van der Waals surface area contributed by atoms with Crippen LogP contribution >= 0.6 is 35.6 Å². The van der Waals surface area contributed by atoms with E-state index < -0.39 is 0 Å². The van der Waals surface area contributed by atoms with Crippen LogP contribution in [0.25, 0.3) is 0 Å². The van der Waals surface area contributed by atoms with Gasteiger partial charge in [0.05, 0.1) is 31.9 Å². The summed E-state index contributed by atoms with van der Waals surface area (Å²) in [6.45, 7) is 11.8. The van der Waals surface area contributed by atoms with Crippen molar-refractivity contribution in [1.29, 1.82) is 0 Å². The Morgan fingerprint density at radius 1 is 1.20 bits per heavy atom. The number of guanidine groups is 1. The van der Waals surface area contributed by atoms with Gasteiger partial charge in [-0.2, -0.15) is 0 Å². The average Bonchev–Trinajstić information content (AvgIpc) is 2.76. The first-order valence-corrected chi connectivity index (χ1v) is 11.3. The molecular formula is C22H36ClIN4O2. The first-order chi connectivity index (χ1) is 14.2. The average molecular weight is 551 g/mol. The molecule has 2 aliphatic heterocycles. The van der Waals surface area contributed by atoms with Gasteiger partial charge in [0.25, 0.3) is 0 Å². The monoisotopic (exact) mass is 550 g/mol. The van der Waals surface area contributed by atoms with Crippen molar-refractivity contribution >= 4 is 41.5 Å². The van der Waals surface area contributed by atoms with Crippen LogP contribution in [0, 0.1) is 0 Å². The van der Waals surface area contributed by atoms with Crippen LogP contribution in [0.15, 0.2) is 29.3 Å². The molecule has 1 unspecified atom stereocenters. The van der Waals surface area contributed by atoms with Crippen molar-refractivity contribution in [3.63, 3.8) is 0 Å². The van der Waals surface area contributed by atoms with Gasteiger partial charge in [-0.05, 0) is 38.3 Å². The van der Waals surface area contributed by atoms with Gasteiger partial charge in [-0.15, -0.1) is 24.0 Å². The van der Waals surface area contributed by atoms with E-state index in [1.54, 1.807) is 0 Å². The lowest BCUT2D eigenvalue weighted by Crippen LogP contribution is -2.47. The van der Waals surface area contributed by atoms with Crippen molar-refractivity contribution in [2.24, 2.45) is 4.99 Å². The second kappa shape index (κ2) is 13.7. The minimum absolute atomic E-state index is 0. The summed E-state index contributed by atoms with van der Waals surface area (Å²) in [5.41, 5.74) is 1.14. The van der Waals surface area contributed by atoms with Crippen LogP contribution in [0.2, 0.25) is 5.02 Å². The molecule has 0 spiro atoms. The molecular weight excluding hydrogens is 515 g/mol. The number of halogens is 2. The van der Waals surface area contributed by atoms with Crippen LogP contribution < -0.4 is 5.32 Å². The maximum atomic E-state index is 6.56. The molecule has 0 aliphatic carbocycles. The normalized spacial score (nSPS) is 20.0. The van der Waals surface area contributed by atoms with Gasteiger partial charge in [0.15, 0.2) is 5.96 Å². The third-order valence-corrected chi connectivity index (χ3v) is 5.99. The number of hydrogen-bond donors (Lipinski definition) is 1. The van der Waals surface area contributed by atoms with Crippen LogP contribution in [0.1, 0.15) is 38.3 Å². The summed E-state index contributed by atoms with van der Waals surface area (Å²) in [6.07, 6.45) is 2.48. The molecule has 2 saturated heterocycles. The van der Waals surface area contributed by atoms with Crippen LogP contribution in [0.3, 0.4) is 0 Å². The molecule has 3 rings (SSSR count). The van der Waals surface area contributed by atoms with Crippen molar-refractivity contribution in [3.05, 3.63) is 34.9 Å². The fourth-order valence-electron chi connectivity index (χ4n) is 4.11. The summed E-state index contributed by atoms with van der Waals surface area (Å²) in [5.74, 6) is 0.993. The van der Waals surface area contributed by atoms with Crippen LogP contribution in [0.4, 0.5) is 0 Å². The van der Waals surface area contributed by atoms with Crippen molar-refractivity contribution in [3.8, 4) is 0 Å². The molecule has 0 amide bonds. The number of likely N-dealkylation sites (tertiary alicyclic amines) is 1. The van der Waals surface area contributed by atoms with Gasteiger partial charge in [0, 0.05) is 44.4 Å². The molecule has 1 N–H and O–H groups in total. The van der Waals surface area contributed by atoms with Crippen molar-refractivity contribution in [2.75, 3.05) is 59.1 Å². The number of hydrogen-bond acceptors (Lipinski definition) is 4. The first-order valence-electron chi connectivity index (χ1n) is 10.9. The van der Waals surface area contributed by atoms with Crippen LogP contribution in [-0.4, -0.2) is 81.0 Å². The van der Waals surface area contributed by atoms with Gasteiger partial charge in [0.1, 0.15) is 0 Å². The van der Waals surface area contributed by atoms with E-state index >= 15 is 0 Å². The highest BCUT2D eigenvalue weighted by Crippen LogP contribution is 2.28. The number of piperidine rings is 1. The molecule has 0 aromatic heterocycles. The molecule has 8 heteroatoms. The maximum absolute atomic E-state index is 6.56. The lowest BCUT2D eigenvalue weighted by molar-refractivity contribution is 0.0177. The zero-order chi connectivity index (χ0) is 20.5. The van der Waals surface area contributed by atoms with Gasteiger partial charge in [0.2, 0.25) is 0 Å². The number of benzene rings is 1. The molecule has 0 bridgehead atoms. The third-order valence-electron chi connectivity index (χ3n) is 5.64. The number of nitrogens with zero attached hydrogens (tertiary/aromatic N) is 3. The van der Waals surface area contributed by atoms with Gasteiger partial charge in [-0.1, -0.05) is 29.8 Å². The second-order valence-electron chi connectivity index (χ2n) is 7.52. The Hall–Kier alpha value is -0.610. The van der Waals surface area contributed by atoms with E-state index in [1.165, 1.54) is 0 Å². The molecule has 1 aromatic carbocycles. The molecule has 2 fully saturated rings. The Morgan fingerprint density at radius 2 is 1.90 bits per heavy atom. The van der Waals surface area contributed by atoms with Gasteiger partial charge >= 0.3 is 0 Å². The van der Waals surface area contributed by atoms with E-state index in [-0.39, 0.29) is 30.0 Å². The SMILES string of the molecule is CCNC(=NCC(c1ccccc1Cl)N1CCOCC1)N1CCC(OCC)CC1.I. The fourth-order valence-corrected chi connectivity index (χ4v) is 4.38. The summed E-state index contributed by atoms with van der Waals surface area (Å²) < 4.78 is 11.4. The lowest BCUT2D eigenvalue weighted by Gasteiger charge is -2.36. The summed E-state index contributed by atoms with van der Waals surface area (Å²) in [6, 6.07) is 8.29. The fraction of sp³-hybridized carbons (Fsp3) is 0.682. The van der Waals surface area contributed by atoms with E-state index in [2.05, 4.69) is 41.1 Å². The molecule has 0 saturated carbocycles. The predicted octanol–water partition coefficient (Wildman–Crippen LogP) is 3.80. The third kappa shape index (κ3) is 7.22. The summed E-state index contributed by atoms with van der Waals surface area (Å²) >= 11 is 6.56. The standard InChI is InChI=1S/C22H35ClN4O2.HI/c1-3-24-22(27-11-9-18(10-12-27)29-4-2)25-17-21(26-13-15-28-16-14-26)19-7-5-6-8-20(19)23;/h5-8,18,21H,3-4,9-17H2,1-2H3,(H,24,25);1H. The smallest absolute Gasteiger partial charge is 0.193 e. The van der Waals surface area contributed by atoms with E-state index in [4.69, 9.17) is 26.1 Å². The van der Waals surface area contributed by atoms with Crippen molar-refractivity contribution in [1.82, 2.24) is 15.1 Å². The number of morpholine rings is 1. The number of rotatable bonds is 7. The maximum Gasteiger partial charge on any atom is 0.193 e. The van der Waals surface area contributed by atoms with Crippen LogP contribution in [-0.2, 0) is 9.47 Å². The molecule has 30 heavy (non-hydrogen) atoms. The molecule has 2 heterocycles. The Labute approximate surface area is 203 Å². The summed E-state index contributed by atoms with van der Waals surface area (Å²) in [4.78, 5) is 9.86. The van der Waals surface area contributed by atoms with E-state index in [9.17, 15) is 0 Å². The summed E-state index contributed by atoms with van der Waals surface area (Å²) in [5, 5.41) is 4.29. The first kappa shape index (κ1) is 25.6. The molecule has 1 atom stereocenters. The predicted molar refractivity (Wildman–Crippen MR) is 134 cm³/mol. The second-order valence-corrected chi connectivity index (χ2v) is 7.93. The van der Waals surface area contributed by atoms with E-state index in [0.29, 0.717) is 12.6 Å². The Kier molecular flexibility index (Phi) is 11.7. The number of ether oxygens (including phenoxy) is 2. The number of aliphatic imine (C=N–C) groups is 1. The van der Waals surface area contributed by atoms with Crippen molar-refractivity contribution < 1.29 is 9.47 Å². The van der Waals surface area contributed by atoms with Crippen molar-refractivity contribution in [2.45, 2.75) is 38.8 Å². The zero-order valence-corrected chi connectivity index (χ0v) is 21.3. The van der Waals surface area contributed by atoms with Gasteiger partial charge < -0.3 is 19.7 Å². The molecule has 1 aromatic rings. The minimum Gasteiger partial charge on any atom is -0.379 e. The Bertz CT molecular complexity index is 650. The van der Waals surface area contributed by atoms with Gasteiger partial charge in [-0.3, -0.25) is 9.89 Å². The van der Waals surface area contributed by atoms with Gasteiger partial charge in [-0.25, -0.2) is 0 Å². The van der Waals surface area contributed by atoms with E-state index in [0.717, 1.165) is 81.9 Å². The highest BCUT2D eigenvalue weighted by molar-refractivity contribution is 14.0. The highest BCUT2D eigenvalue weighted by atomic mass is 127. The molecule has 170 valence electrons. The highest BCUT2D eigenvalue weighted by Gasteiger charge is 2.26. The quantitative estimate of drug-likeness (QED) is 0.318. The lowest BCUT2D eigenvalue weighted by atomic mass is 10.0. The Morgan fingerprint density at radius 3 is 2.53 bits per heavy atom. The molecule has 2 aliphatic rings. The van der Waals surface area contributed by atoms with E-state index in [1.807, 2.05) is 12.1 Å². The minimum atomic E-state index is 0. The topological polar surface area (TPSA) is 49.3 Å². The summed E-state index contributed by atoms with van der Waals surface area (Å²) in [7, 11) is 0. The van der Waals surface area contributed by atoms with Crippen LogP contribution in [0.5, 0.6) is 0 Å². The Balaban J connectivity index is 0.00000320. The zero-order valence-electron chi connectivity index (χ0n) is 18.2. The molecule has 0 radical (unpaired) electrons. The largest absolute Gasteiger partial charge is 0.379 e.